The smallest absolute Gasteiger partial charge is 0.236 e. The van der Waals surface area contributed by atoms with Gasteiger partial charge in [0.15, 0.2) is 0 Å². The maximum absolute atomic E-state index is 11.7. The highest BCUT2D eigenvalue weighted by atomic mass is 16.5. The van der Waals surface area contributed by atoms with E-state index in [1.807, 2.05) is 4.90 Å². The number of carbonyl (C=O) groups is 1. The van der Waals surface area contributed by atoms with Crippen LogP contribution in [0.25, 0.3) is 0 Å². The maximum atomic E-state index is 11.7. The van der Waals surface area contributed by atoms with Crippen LogP contribution in [0.15, 0.2) is 11.6 Å². The number of ether oxygens (including phenoxy) is 1. The largest absolute Gasteiger partial charge is 0.380 e. The molecule has 0 aromatic carbocycles. The number of terminal acetylenes is 1. The molecule has 88 valence electrons. The second-order valence-corrected chi connectivity index (χ2v) is 3.69. The van der Waals surface area contributed by atoms with Gasteiger partial charge in [-0.1, -0.05) is 12.0 Å². The molecular formula is C12H18N2O2. The number of rotatable bonds is 5. The lowest BCUT2D eigenvalue weighted by molar-refractivity contribution is -0.129. The normalized spacial score (nSPS) is 15.5. The van der Waals surface area contributed by atoms with Gasteiger partial charge in [0.2, 0.25) is 5.91 Å². The van der Waals surface area contributed by atoms with Crippen LogP contribution in [0.5, 0.6) is 0 Å². The average molecular weight is 222 g/mol. The molecule has 0 atom stereocenters. The molecule has 0 radical (unpaired) electrons. The van der Waals surface area contributed by atoms with Crippen molar-refractivity contribution >= 4 is 5.91 Å². The van der Waals surface area contributed by atoms with Crippen LogP contribution in [0, 0.1) is 12.3 Å². The van der Waals surface area contributed by atoms with Crippen molar-refractivity contribution in [1.82, 2.24) is 10.2 Å². The minimum atomic E-state index is 0.1000. The molecule has 0 aromatic rings. The van der Waals surface area contributed by atoms with Crippen LogP contribution in [0.1, 0.15) is 6.42 Å². The number of nitrogens with zero attached hydrogens (tertiary/aromatic N) is 1. The summed E-state index contributed by atoms with van der Waals surface area (Å²) >= 11 is 0. The Balaban J connectivity index is 2.30. The summed E-state index contributed by atoms with van der Waals surface area (Å²) in [5.74, 6) is 2.54. The van der Waals surface area contributed by atoms with Crippen LogP contribution in [-0.2, 0) is 9.53 Å². The molecule has 1 N–H and O–H groups in total. The van der Waals surface area contributed by atoms with Gasteiger partial charge < -0.3 is 9.64 Å². The van der Waals surface area contributed by atoms with Crippen molar-refractivity contribution in [1.29, 1.82) is 0 Å². The van der Waals surface area contributed by atoms with Gasteiger partial charge in [0.25, 0.3) is 0 Å². The Morgan fingerprint density at radius 3 is 3.12 bits per heavy atom. The molecule has 4 nitrogen and oxygen atoms in total. The molecule has 0 saturated heterocycles. The third-order valence-corrected chi connectivity index (χ3v) is 2.49. The highest BCUT2D eigenvalue weighted by Gasteiger charge is 2.16. The predicted octanol–water partition coefficient (Wildman–Crippen LogP) is 0.0143. The molecule has 0 unspecified atom stereocenters. The third kappa shape index (κ3) is 4.05. The van der Waals surface area contributed by atoms with Gasteiger partial charge in [-0.2, -0.15) is 0 Å². The second kappa shape index (κ2) is 7.04. The number of hydrogen-bond acceptors (Lipinski definition) is 3. The maximum Gasteiger partial charge on any atom is 0.236 e. The van der Waals surface area contributed by atoms with Gasteiger partial charge in [-0.15, -0.1) is 6.42 Å². The lowest BCUT2D eigenvalue weighted by Crippen LogP contribution is -2.40. The zero-order chi connectivity index (χ0) is 11.8. The molecule has 0 bridgehead atoms. The van der Waals surface area contributed by atoms with Crippen LogP contribution < -0.4 is 5.32 Å². The Morgan fingerprint density at radius 2 is 2.56 bits per heavy atom. The Morgan fingerprint density at radius 1 is 1.75 bits per heavy atom. The standard InChI is InChI=1S/C12H18N2O2/c1-3-6-13-9-12(15)14-7-4-11(5-8-14)10-16-2/h1,4,13H,5-10H2,2H3. The fourth-order valence-electron chi connectivity index (χ4n) is 1.61. The lowest BCUT2D eigenvalue weighted by atomic mass is 10.1. The first-order chi connectivity index (χ1) is 7.77. The molecule has 0 saturated carbocycles. The van der Waals surface area contributed by atoms with Gasteiger partial charge >= 0.3 is 0 Å². The van der Waals surface area contributed by atoms with Crippen LogP contribution >= 0.6 is 0 Å². The Kier molecular flexibility index (Phi) is 5.62. The number of methoxy groups -OCH3 is 1. The molecule has 1 aliphatic rings. The highest BCUT2D eigenvalue weighted by Crippen LogP contribution is 2.10. The molecule has 1 aliphatic heterocycles. The van der Waals surface area contributed by atoms with Crippen LogP contribution in [0.3, 0.4) is 0 Å². The van der Waals surface area contributed by atoms with Gasteiger partial charge in [0, 0.05) is 20.2 Å². The summed E-state index contributed by atoms with van der Waals surface area (Å²) in [5, 5.41) is 2.90. The highest BCUT2D eigenvalue weighted by molar-refractivity contribution is 5.78. The van der Waals surface area contributed by atoms with Crippen molar-refractivity contribution < 1.29 is 9.53 Å². The van der Waals surface area contributed by atoms with E-state index in [4.69, 9.17) is 11.2 Å². The van der Waals surface area contributed by atoms with Crippen LogP contribution in [0.2, 0.25) is 0 Å². The van der Waals surface area contributed by atoms with Crippen molar-refractivity contribution in [2.45, 2.75) is 6.42 Å². The van der Waals surface area contributed by atoms with Crippen molar-refractivity contribution in [3.63, 3.8) is 0 Å². The summed E-state index contributed by atoms with van der Waals surface area (Å²) in [7, 11) is 1.68. The van der Waals surface area contributed by atoms with E-state index in [1.54, 1.807) is 7.11 Å². The number of hydrogen-bond donors (Lipinski definition) is 1. The van der Waals surface area contributed by atoms with E-state index >= 15 is 0 Å². The first-order valence-corrected chi connectivity index (χ1v) is 5.36. The molecule has 0 spiro atoms. The van der Waals surface area contributed by atoms with Gasteiger partial charge in [0.1, 0.15) is 0 Å². The minimum Gasteiger partial charge on any atom is -0.380 e. The zero-order valence-corrected chi connectivity index (χ0v) is 9.66. The molecule has 0 aromatic heterocycles. The van der Waals surface area contributed by atoms with E-state index in [0.717, 1.165) is 13.0 Å². The summed E-state index contributed by atoms with van der Waals surface area (Å²) in [6.07, 6.45) is 8.04. The lowest BCUT2D eigenvalue weighted by Gasteiger charge is -2.26. The molecule has 0 fully saturated rings. The minimum absolute atomic E-state index is 0.1000. The summed E-state index contributed by atoms with van der Waals surface area (Å²) in [4.78, 5) is 13.5. The van der Waals surface area contributed by atoms with Crippen LogP contribution in [-0.4, -0.2) is 50.7 Å². The number of amides is 1. The summed E-state index contributed by atoms with van der Waals surface area (Å²) < 4.78 is 5.05. The third-order valence-electron chi connectivity index (χ3n) is 2.49. The Bertz CT molecular complexity index is 305. The van der Waals surface area contributed by atoms with Gasteiger partial charge in [-0.05, 0) is 12.0 Å². The Labute approximate surface area is 96.6 Å². The second-order valence-electron chi connectivity index (χ2n) is 3.69. The van der Waals surface area contributed by atoms with E-state index in [0.29, 0.717) is 26.2 Å². The van der Waals surface area contributed by atoms with Crippen molar-refractivity contribution in [3.05, 3.63) is 11.6 Å². The quantitative estimate of drug-likeness (QED) is 0.405. The van der Waals surface area contributed by atoms with E-state index in [1.165, 1.54) is 5.57 Å². The van der Waals surface area contributed by atoms with Crippen molar-refractivity contribution in [2.24, 2.45) is 0 Å². The van der Waals surface area contributed by atoms with Crippen molar-refractivity contribution in [3.8, 4) is 12.3 Å². The van der Waals surface area contributed by atoms with E-state index in [-0.39, 0.29) is 5.91 Å². The fraction of sp³-hybridized carbons (Fsp3) is 0.583. The molecule has 1 heterocycles. The molecule has 16 heavy (non-hydrogen) atoms. The SMILES string of the molecule is C#CCNCC(=O)N1CC=C(COC)CC1. The first kappa shape index (κ1) is 12.8. The summed E-state index contributed by atoms with van der Waals surface area (Å²) in [6, 6.07) is 0. The zero-order valence-electron chi connectivity index (χ0n) is 9.66. The van der Waals surface area contributed by atoms with E-state index < -0.39 is 0 Å². The van der Waals surface area contributed by atoms with Crippen molar-refractivity contribution in [2.75, 3.05) is 39.9 Å². The van der Waals surface area contributed by atoms with Crippen LogP contribution in [0.4, 0.5) is 0 Å². The predicted molar refractivity (Wildman–Crippen MR) is 62.9 cm³/mol. The van der Waals surface area contributed by atoms with E-state index in [2.05, 4.69) is 17.3 Å². The summed E-state index contributed by atoms with van der Waals surface area (Å²) in [5.41, 5.74) is 1.27. The summed E-state index contributed by atoms with van der Waals surface area (Å²) in [6.45, 7) is 2.86. The fourth-order valence-corrected chi connectivity index (χ4v) is 1.61. The Hall–Kier alpha value is -1.31. The van der Waals surface area contributed by atoms with Gasteiger partial charge in [-0.3, -0.25) is 10.1 Å². The molecule has 1 rings (SSSR count). The topological polar surface area (TPSA) is 41.6 Å². The van der Waals surface area contributed by atoms with Gasteiger partial charge in [-0.25, -0.2) is 0 Å². The molecule has 0 aliphatic carbocycles. The average Bonchev–Trinajstić information content (AvgIpc) is 2.30. The van der Waals surface area contributed by atoms with Gasteiger partial charge in [0.05, 0.1) is 19.7 Å². The number of carbonyl (C=O) groups excluding carboxylic acids is 1. The first-order valence-electron chi connectivity index (χ1n) is 5.36. The molecule has 4 heteroatoms. The monoisotopic (exact) mass is 222 g/mol. The number of nitrogens with one attached hydrogen (secondary N) is 1. The van der Waals surface area contributed by atoms with E-state index in [9.17, 15) is 4.79 Å². The molecule has 1 amide bonds. The molecular weight excluding hydrogens is 204 g/mol.